The van der Waals surface area contributed by atoms with Gasteiger partial charge in [-0.05, 0) is 57.6 Å². The third kappa shape index (κ3) is 3.76. The van der Waals surface area contributed by atoms with Gasteiger partial charge in [-0.15, -0.1) is 0 Å². The number of amides is 1. The van der Waals surface area contributed by atoms with Crippen molar-refractivity contribution in [2.24, 2.45) is 0 Å². The third-order valence-electron chi connectivity index (χ3n) is 3.99. The van der Waals surface area contributed by atoms with E-state index in [0.29, 0.717) is 6.54 Å². The molecule has 1 aromatic carbocycles. The number of nitrogens with one attached hydrogen (secondary N) is 1. The van der Waals surface area contributed by atoms with Crippen molar-refractivity contribution in [3.63, 3.8) is 0 Å². The minimum absolute atomic E-state index is 0.0726. The molecule has 0 saturated heterocycles. The van der Waals surface area contributed by atoms with Crippen LogP contribution in [0, 0.1) is 19.7 Å². The fourth-order valence-corrected chi connectivity index (χ4v) is 2.57. The lowest BCUT2D eigenvalue weighted by atomic mass is 10.1. The smallest absolute Gasteiger partial charge is 0.236 e. The molecule has 1 aromatic heterocycles. The minimum atomic E-state index is -0.309. The van der Waals surface area contributed by atoms with Gasteiger partial charge < -0.3 is 5.32 Å². The number of halogens is 1. The van der Waals surface area contributed by atoms with E-state index in [9.17, 15) is 9.18 Å². The van der Waals surface area contributed by atoms with Gasteiger partial charge in [-0.2, -0.15) is 5.10 Å². The average Bonchev–Trinajstić information content (AvgIpc) is 2.84. The van der Waals surface area contributed by atoms with Crippen molar-refractivity contribution < 1.29 is 9.18 Å². The van der Waals surface area contributed by atoms with E-state index in [-0.39, 0.29) is 17.8 Å². The molecule has 124 valence electrons. The summed E-state index contributed by atoms with van der Waals surface area (Å²) in [6.45, 7) is 6.15. The van der Waals surface area contributed by atoms with Crippen molar-refractivity contribution in [1.29, 1.82) is 0 Å². The molecular formula is C17H23FN4O. The first-order chi connectivity index (χ1) is 10.8. The molecule has 5 nitrogen and oxygen atoms in total. The van der Waals surface area contributed by atoms with Crippen molar-refractivity contribution >= 4 is 5.91 Å². The normalized spacial score (nSPS) is 12.5. The fraction of sp³-hybridized carbons (Fsp3) is 0.412. The van der Waals surface area contributed by atoms with Crippen LogP contribution in [0.2, 0.25) is 0 Å². The monoisotopic (exact) mass is 318 g/mol. The Balaban J connectivity index is 2.36. The highest BCUT2D eigenvalue weighted by Crippen LogP contribution is 2.20. The standard InChI is InChI=1S/C17H23FN4O/c1-11-8-12(2)22(20-11)16-7-6-15(18)9-14(16)10-21(5)13(3)17(23)19-4/h6-9,13H,10H2,1-5H3,(H,19,23). The molecule has 0 aliphatic carbocycles. The highest BCUT2D eigenvalue weighted by atomic mass is 19.1. The summed E-state index contributed by atoms with van der Waals surface area (Å²) >= 11 is 0. The van der Waals surface area contributed by atoms with E-state index in [1.807, 2.05) is 43.5 Å². The summed E-state index contributed by atoms with van der Waals surface area (Å²) in [4.78, 5) is 13.7. The second kappa shape index (κ2) is 6.91. The van der Waals surface area contributed by atoms with Crippen LogP contribution < -0.4 is 5.32 Å². The first-order valence-electron chi connectivity index (χ1n) is 7.57. The quantitative estimate of drug-likeness (QED) is 0.919. The molecule has 2 aromatic rings. The molecule has 2 rings (SSSR count). The second-order valence-corrected chi connectivity index (χ2v) is 5.82. The zero-order chi connectivity index (χ0) is 17.1. The summed E-state index contributed by atoms with van der Waals surface area (Å²) in [6, 6.07) is 6.32. The van der Waals surface area contributed by atoms with Crippen molar-refractivity contribution in [3.05, 3.63) is 47.0 Å². The molecule has 0 aliphatic rings. The van der Waals surface area contributed by atoms with E-state index in [1.165, 1.54) is 12.1 Å². The number of benzene rings is 1. The number of rotatable bonds is 5. The fourth-order valence-electron chi connectivity index (χ4n) is 2.57. The Morgan fingerprint density at radius 2 is 2.09 bits per heavy atom. The predicted octanol–water partition coefficient (Wildman–Crippen LogP) is 2.19. The van der Waals surface area contributed by atoms with Gasteiger partial charge in [0, 0.05) is 19.3 Å². The van der Waals surface area contributed by atoms with Gasteiger partial charge >= 0.3 is 0 Å². The summed E-state index contributed by atoms with van der Waals surface area (Å²) in [5.41, 5.74) is 3.50. The highest BCUT2D eigenvalue weighted by molar-refractivity contribution is 5.80. The van der Waals surface area contributed by atoms with Crippen LogP contribution in [0.3, 0.4) is 0 Å². The average molecular weight is 318 g/mol. The number of aryl methyl sites for hydroxylation is 2. The minimum Gasteiger partial charge on any atom is -0.358 e. The van der Waals surface area contributed by atoms with E-state index in [1.54, 1.807) is 13.1 Å². The Labute approximate surface area is 136 Å². The van der Waals surface area contributed by atoms with Crippen LogP contribution >= 0.6 is 0 Å². The van der Waals surface area contributed by atoms with Crippen LogP contribution in [0.25, 0.3) is 5.69 Å². The maximum Gasteiger partial charge on any atom is 0.236 e. The van der Waals surface area contributed by atoms with Crippen LogP contribution in [-0.2, 0) is 11.3 Å². The molecule has 1 N–H and O–H groups in total. The van der Waals surface area contributed by atoms with Gasteiger partial charge in [0.1, 0.15) is 5.82 Å². The summed E-state index contributed by atoms with van der Waals surface area (Å²) in [5, 5.41) is 7.10. The van der Waals surface area contributed by atoms with E-state index in [0.717, 1.165) is 22.6 Å². The van der Waals surface area contributed by atoms with Gasteiger partial charge in [0.25, 0.3) is 0 Å². The van der Waals surface area contributed by atoms with E-state index >= 15 is 0 Å². The lowest BCUT2D eigenvalue weighted by Gasteiger charge is -2.24. The SMILES string of the molecule is CNC(=O)C(C)N(C)Cc1cc(F)ccc1-n1nc(C)cc1C. The van der Waals surface area contributed by atoms with Crippen molar-refractivity contribution in [2.75, 3.05) is 14.1 Å². The molecule has 1 amide bonds. The summed E-state index contributed by atoms with van der Waals surface area (Å²) in [7, 11) is 3.45. The van der Waals surface area contributed by atoms with Crippen molar-refractivity contribution in [2.45, 2.75) is 33.4 Å². The number of hydrogen-bond donors (Lipinski definition) is 1. The van der Waals surface area contributed by atoms with Gasteiger partial charge in [0.2, 0.25) is 5.91 Å². The number of nitrogens with zero attached hydrogens (tertiary/aromatic N) is 3. The summed E-state index contributed by atoms with van der Waals surface area (Å²) < 4.78 is 15.5. The molecule has 0 fully saturated rings. The predicted molar refractivity (Wildman–Crippen MR) is 88.0 cm³/mol. The molecule has 23 heavy (non-hydrogen) atoms. The zero-order valence-corrected chi connectivity index (χ0v) is 14.2. The molecule has 0 bridgehead atoms. The lowest BCUT2D eigenvalue weighted by Crippen LogP contribution is -2.41. The molecule has 0 aliphatic heterocycles. The summed E-state index contributed by atoms with van der Waals surface area (Å²) in [6.07, 6.45) is 0. The molecule has 1 heterocycles. The lowest BCUT2D eigenvalue weighted by molar-refractivity contribution is -0.125. The first-order valence-corrected chi connectivity index (χ1v) is 7.57. The molecule has 0 radical (unpaired) electrons. The largest absolute Gasteiger partial charge is 0.358 e. The molecule has 0 saturated carbocycles. The van der Waals surface area contributed by atoms with E-state index < -0.39 is 0 Å². The highest BCUT2D eigenvalue weighted by Gasteiger charge is 2.19. The van der Waals surface area contributed by atoms with Crippen LogP contribution in [0.5, 0.6) is 0 Å². The van der Waals surface area contributed by atoms with E-state index in [4.69, 9.17) is 0 Å². The Kier molecular flexibility index (Phi) is 5.15. The Morgan fingerprint density at radius 3 is 2.65 bits per heavy atom. The maximum atomic E-state index is 13.7. The molecule has 6 heteroatoms. The van der Waals surface area contributed by atoms with Crippen molar-refractivity contribution in [1.82, 2.24) is 20.0 Å². The van der Waals surface area contributed by atoms with Gasteiger partial charge in [0.15, 0.2) is 0 Å². The van der Waals surface area contributed by atoms with Gasteiger partial charge in [-0.3, -0.25) is 9.69 Å². The molecular weight excluding hydrogens is 295 g/mol. The maximum absolute atomic E-state index is 13.7. The number of hydrogen-bond acceptors (Lipinski definition) is 3. The Bertz CT molecular complexity index is 711. The van der Waals surface area contributed by atoms with Crippen LogP contribution in [0.15, 0.2) is 24.3 Å². The van der Waals surface area contributed by atoms with Crippen LogP contribution in [-0.4, -0.2) is 40.7 Å². The topological polar surface area (TPSA) is 50.2 Å². The first kappa shape index (κ1) is 17.1. The molecule has 1 unspecified atom stereocenters. The Morgan fingerprint density at radius 1 is 1.39 bits per heavy atom. The molecule has 0 spiro atoms. The summed E-state index contributed by atoms with van der Waals surface area (Å²) in [5.74, 6) is -0.372. The van der Waals surface area contributed by atoms with E-state index in [2.05, 4.69) is 10.4 Å². The Hall–Kier alpha value is -2.21. The third-order valence-corrected chi connectivity index (χ3v) is 3.99. The number of carbonyl (C=O) groups excluding carboxylic acids is 1. The van der Waals surface area contributed by atoms with Crippen LogP contribution in [0.4, 0.5) is 4.39 Å². The van der Waals surface area contributed by atoms with Gasteiger partial charge in [0.05, 0.1) is 17.4 Å². The van der Waals surface area contributed by atoms with Crippen molar-refractivity contribution in [3.8, 4) is 5.69 Å². The van der Waals surface area contributed by atoms with Gasteiger partial charge in [-0.1, -0.05) is 0 Å². The number of aromatic nitrogens is 2. The number of carbonyl (C=O) groups is 1. The zero-order valence-electron chi connectivity index (χ0n) is 14.2. The van der Waals surface area contributed by atoms with Crippen LogP contribution in [0.1, 0.15) is 23.9 Å². The van der Waals surface area contributed by atoms with Gasteiger partial charge in [-0.25, -0.2) is 9.07 Å². The molecule has 1 atom stereocenters. The second-order valence-electron chi connectivity index (χ2n) is 5.82. The number of likely N-dealkylation sites (N-methyl/N-ethyl adjacent to an activating group) is 2.